The third kappa shape index (κ3) is 5.36. The van der Waals surface area contributed by atoms with Crippen molar-refractivity contribution in [1.82, 2.24) is 0 Å². The van der Waals surface area contributed by atoms with Crippen molar-refractivity contribution < 1.29 is 14.3 Å². The zero-order chi connectivity index (χ0) is 19.9. The van der Waals surface area contributed by atoms with E-state index in [2.05, 4.69) is 31.3 Å². The lowest BCUT2D eigenvalue weighted by Crippen LogP contribution is -2.09. The van der Waals surface area contributed by atoms with E-state index in [0.717, 1.165) is 17.0 Å². The maximum Gasteiger partial charge on any atom is 0.221 e. The molecule has 4 heteroatoms. The Labute approximate surface area is 166 Å². The fourth-order valence-corrected chi connectivity index (χ4v) is 2.80. The monoisotopic (exact) mass is 375 g/mol. The van der Waals surface area contributed by atoms with Gasteiger partial charge in [0.15, 0.2) is 0 Å². The summed E-state index contributed by atoms with van der Waals surface area (Å²) in [6.07, 6.45) is 0. The first-order valence-electron chi connectivity index (χ1n) is 9.37. The lowest BCUT2D eigenvalue weighted by atomic mass is 10.0. The highest BCUT2D eigenvalue weighted by Crippen LogP contribution is 2.27. The maximum absolute atomic E-state index is 11.3. The van der Waals surface area contributed by atoms with E-state index < -0.39 is 0 Å². The second-order valence-corrected chi connectivity index (χ2v) is 6.93. The van der Waals surface area contributed by atoms with Gasteiger partial charge in [-0.1, -0.05) is 50.2 Å². The second kappa shape index (κ2) is 9.09. The third-order valence-electron chi connectivity index (χ3n) is 4.31. The molecule has 3 rings (SSSR count). The molecule has 144 valence electrons. The molecule has 0 radical (unpaired) electrons. The molecule has 3 aromatic carbocycles. The molecule has 0 saturated heterocycles. The van der Waals surface area contributed by atoms with Gasteiger partial charge in [-0.3, -0.25) is 4.79 Å². The highest BCUT2D eigenvalue weighted by Gasteiger charge is 2.06. The number of para-hydroxylation sites is 1. The minimum absolute atomic E-state index is 0.105. The molecule has 0 aliphatic rings. The van der Waals surface area contributed by atoms with E-state index in [1.807, 2.05) is 60.7 Å². The first-order chi connectivity index (χ1) is 13.5. The van der Waals surface area contributed by atoms with Gasteiger partial charge in [0.05, 0.1) is 0 Å². The summed E-state index contributed by atoms with van der Waals surface area (Å²) in [6.45, 7) is 6.18. The van der Waals surface area contributed by atoms with Crippen molar-refractivity contribution in [2.45, 2.75) is 33.3 Å². The van der Waals surface area contributed by atoms with E-state index in [9.17, 15) is 4.79 Å². The van der Waals surface area contributed by atoms with Crippen molar-refractivity contribution in [3.63, 3.8) is 0 Å². The lowest BCUT2D eigenvalue weighted by molar-refractivity contribution is -0.114. The number of nitrogens with one attached hydrogen (secondary N) is 1. The molecule has 0 bridgehead atoms. The van der Waals surface area contributed by atoms with Crippen molar-refractivity contribution in [3.05, 3.63) is 83.9 Å². The van der Waals surface area contributed by atoms with Crippen LogP contribution < -0.4 is 14.8 Å². The number of carbonyl (C=O) groups excluding carboxylic acids is 1. The van der Waals surface area contributed by atoms with Crippen LogP contribution in [0.1, 0.15) is 37.8 Å². The Kier molecular flexibility index (Phi) is 6.33. The van der Waals surface area contributed by atoms with Crippen molar-refractivity contribution >= 4 is 11.6 Å². The van der Waals surface area contributed by atoms with E-state index in [-0.39, 0.29) is 5.91 Å². The molecule has 0 unspecified atom stereocenters. The summed E-state index contributed by atoms with van der Waals surface area (Å²) in [5.41, 5.74) is 2.95. The predicted octanol–water partition coefficient (Wildman–Crippen LogP) is 6.14. The van der Waals surface area contributed by atoms with Gasteiger partial charge in [-0.15, -0.1) is 0 Å². The summed E-state index contributed by atoms with van der Waals surface area (Å²) in [7, 11) is 0. The Balaban J connectivity index is 1.66. The topological polar surface area (TPSA) is 47.6 Å². The quantitative estimate of drug-likeness (QED) is 0.539. The maximum atomic E-state index is 11.3. The van der Waals surface area contributed by atoms with Gasteiger partial charge in [0.25, 0.3) is 0 Å². The van der Waals surface area contributed by atoms with Crippen molar-refractivity contribution in [1.29, 1.82) is 0 Å². The second-order valence-electron chi connectivity index (χ2n) is 6.93. The van der Waals surface area contributed by atoms with E-state index >= 15 is 0 Å². The Bertz CT molecular complexity index is 933. The summed E-state index contributed by atoms with van der Waals surface area (Å²) in [6, 6.07) is 23.3. The largest absolute Gasteiger partial charge is 0.489 e. The molecular formula is C24H25NO3. The van der Waals surface area contributed by atoms with Gasteiger partial charge in [0, 0.05) is 24.2 Å². The molecule has 1 amide bonds. The molecule has 1 N–H and O–H groups in total. The predicted molar refractivity (Wildman–Crippen MR) is 112 cm³/mol. The fourth-order valence-electron chi connectivity index (χ4n) is 2.80. The number of rotatable bonds is 7. The number of benzene rings is 3. The van der Waals surface area contributed by atoms with Crippen molar-refractivity contribution in [2.24, 2.45) is 0 Å². The molecule has 0 saturated carbocycles. The van der Waals surface area contributed by atoms with Crippen LogP contribution in [0.25, 0.3) is 0 Å². The number of anilines is 1. The van der Waals surface area contributed by atoms with Crippen LogP contribution >= 0.6 is 0 Å². The van der Waals surface area contributed by atoms with Crippen LogP contribution in [-0.2, 0) is 11.4 Å². The third-order valence-corrected chi connectivity index (χ3v) is 4.31. The smallest absolute Gasteiger partial charge is 0.221 e. The van der Waals surface area contributed by atoms with Gasteiger partial charge in [-0.2, -0.15) is 0 Å². The molecule has 0 aromatic heterocycles. The summed E-state index contributed by atoms with van der Waals surface area (Å²) in [4.78, 5) is 11.3. The van der Waals surface area contributed by atoms with Crippen LogP contribution in [0.4, 0.5) is 5.69 Å². The van der Waals surface area contributed by atoms with Crippen LogP contribution in [-0.4, -0.2) is 5.91 Å². The number of amides is 1. The Hall–Kier alpha value is -3.27. The molecule has 0 aliphatic heterocycles. The van der Waals surface area contributed by atoms with Gasteiger partial charge >= 0.3 is 0 Å². The first-order valence-corrected chi connectivity index (χ1v) is 9.37. The van der Waals surface area contributed by atoms with Crippen LogP contribution in [0.15, 0.2) is 72.8 Å². The molecule has 0 fully saturated rings. The van der Waals surface area contributed by atoms with Crippen molar-refractivity contribution in [3.8, 4) is 17.2 Å². The summed E-state index contributed by atoms with van der Waals surface area (Å²) in [5.74, 6) is 2.59. The van der Waals surface area contributed by atoms with Crippen LogP contribution in [0, 0.1) is 0 Å². The van der Waals surface area contributed by atoms with E-state index in [0.29, 0.717) is 24.0 Å². The normalized spacial score (nSPS) is 10.6. The molecule has 3 aromatic rings. The summed E-state index contributed by atoms with van der Waals surface area (Å²) >= 11 is 0. The van der Waals surface area contributed by atoms with Gasteiger partial charge < -0.3 is 14.8 Å². The Morgan fingerprint density at radius 2 is 1.61 bits per heavy atom. The van der Waals surface area contributed by atoms with E-state index in [1.54, 1.807) is 0 Å². The average Bonchev–Trinajstić information content (AvgIpc) is 2.68. The zero-order valence-electron chi connectivity index (χ0n) is 16.4. The standard InChI is InChI=1S/C24H25NO3/c1-17(2)19-11-13-21(14-12-19)28-23-9-6-8-22(15-23)27-16-20-7-4-5-10-24(20)25-18(3)26/h4-15,17H,16H2,1-3H3,(H,25,26). The molecule has 4 nitrogen and oxygen atoms in total. The number of carbonyl (C=O) groups is 1. The van der Waals surface area contributed by atoms with Gasteiger partial charge in [-0.05, 0) is 41.8 Å². The van der Waals surface area contributed by atoms with Gasteiger partial charge in [0.1, 0.15) is 23.9 Å². The van der Waals surface area contributed by atoms with Crippen LogP contribution in [0.5, 0.6) is 17.2 Å². The summed E-state index contributed by atoms with van der Waals surface area (Å²) in [5, 5.41) is 2.82. The van der Waals surface area contributed by atoms with Gasteiger partial charge in [0.2, 0.25) is 5.91 Å². The molecule has 0 atom stereocenters. The highest BCUT2D eigenvalue weighted by atomic mass is 16.5. The zero-order valence-corrected chi connectivity index (χ0v) is 16.4. The Morgan fingerprint density at radius 3 is 2.32 bits per heavy atom. The lowest BCUT2D eigenvalue weighted by Gasteiger charge is -2.13. The van der Waals surface area contributed by atoms with E-state index in [4.69, 9.17) is 9.47 Å². The summed E-state index contributed by atoms with van der Waals surface area (Å²) < 4.78 is 11.9. The van der Waals surface area contributed by atoms with Crippen molar-refractivity contribution in [2.75, 3.05) is 5.32 Å². The number of ether oxygens (including phenoxy) is 2. The minimum Gasteiger partial charge on any atom is -0.489 e. The minimum atomic E-state index is -0.105. The molecular weight excluding hydrogens is 350 g/mol. The van der Waals surface area contributed by atoms with E-state index in [1.165, 1.54) is 12.5 Å². The number of hydrogen-bond donors (Lipinski definition) is 1. The molecule has 0 aliphatic carbocycles. The Morgan fingerprint density at radius 1 is 0.893 bits per heavy atom. The SMILES string of the molecule is CC(=O)Nc1ccccc1COc1cccc(Oc2ccc(C(C)C)cc2)c1. The fraction of sp³-hybridized carbons (Fsp3) is 0.208. The average molecular weight is 375 g/mol. The number of hydrogen-bond acceptors (Lipinski definition) is 3. The van der Waals surface area contributed by atoms with Crippen LogP contribution in [0.3, 0.4) is 0 Å². The van der Waals surface area contributed by atoms with Gasteiger partial charge in [-0.25, -0.2) is 0 Å². The molecule has 0 spiro atoms. The highest BCUT2D eigenvalue weighted by molar-refractivity contribution is 5.89. The van der Waals surface area contributed by atoms with Crippen LogP contribution in [0.2, 0.25) is 0 Å². The molecule has 0 heterocycles. The first kappa shape index (κ1) is 19.5. The molecule has 28 heavy (non-hydrogen) atoms.